The number of methoxy groups -OCH3 is 1. The molecule has 0 radical (unpaired) electrons. The standard InChI is InChI=1S/C13H13NO3S/c1-8-11(12(15)14(2)13(18)17-8)9-4-6-10(16-3)7-5-9/h4-7H,1-3H3. The molecule has 0 aliphatic heterocycles. The van der Waals surface area contributed by atoms with E-state index in [0.29, 0.717) is 11.3 Å². The van der Waals surface area contributed by atoms with Gasteiger partial charge in [0, 0.05) is 7.05 Å². The molecular formula is C13H13NO3S. The Kier molecular flexibility index (Phi) is 3.34. The average Bonchev–Trinajstić information content (AvgIpc) is 2.37. The predicted octanol–water partition coefficient (Wildman–Crippen LogP) is 2.69. The van der Waals surface area contributed by atoms with Crippen LogP contribution in [0.1, 0.15) is 5.76 Å². The molecular weight excluding hydrogens is 250 g/mol. The van der Waals surface area contributed by atoms with E-state index in [1.807, 2.05) is 12.1 Å². The van der Waals surface area contributed by atoms with E-state index in [9.17, 15) is 4.79 Å². The fraction of sp³-hybridized carbons (Fsp3) is 0.231. The van der Waals surface area contributed by atoms with E-state index in [1.54, 1.807) is 33.2 Å². The molecule has 2 aromatic rings. The van der Waals surface area contributed by atoms with Gasteiger partial charge in [-0.05, 0) is 36.8 Å². The Bertz CT molecular complexity index is 683. The second-order valence-electron chi connectivity index (χ2n) is 3.89. The molecule has 2 rings (SSSR count). The Hall–Kier alpha value is -1.88. The molecule has 0 saturated heterocycles. The normalized spacial score (nSPS) is 10.4. The Morgan fingerprint density at radius 2 is 1.89 bits per heavy atom. The molecule has 0 spiro atoms. The molecule has 0 aliphatic carbocycles. The first-order valence-corrected chi connectivity index (χ1v) is 5.80. The summed E-state index contributed by atoms with van der Waals surface area (Å²) in [4.78, 5) is 12.3. The molecule has 0 aliphatic rings. The number of nitrogens with zero attached hydrogens (tertiary/aromatic N) is 1. The Morgan fingerprint density at radius 1 is 1.28 bits per heavy atom. The summed E-state index contributed by atoms with van der Waals surface area (Å²) in [6.07, 6.45) is 0. The monoisotopic (exact) mass is 263 g/mol. The number of hydrogen-bond donors (Lipinski definition) is 0. The number of hydrogen-bond acceptors (Lipinski definition) is 4. The van der Waals surface area contributed by atoms with Gasteiger partial charge >= 0.3 is 0 Å². The van der Waals surface area contributed by atoms with Gasteiger partial charge in [-0.2, -0.15) is 0 Å². The van der Waals surface area contributed by atoms with Gasteiger partial charge in [-0.25, -0.2) is 0 Å². The molecule has 0 bridgehead atoms. The first-order valence-electron chi connectivity index (χ1n) is 5.39. The highest BCUT2D eigenvalue weighted by Crippen LogP contribution is 2.22. The van der Waals surface area contributed by atoms with Gasteiger partial charge in [0.2, 0.25) is 0 Å². The van der Waals surface area contributed by atoms with Crippen molar-refractivity contribution >= 4 is 12.2 Å². The molecule has 1 aromatic heterocycles. The lowest BCUT2D eigenvalue weighted by atomic mass is 10.1. The Balaban J connectivity index is 2.67. The van der Waals surface area contributed by atoms with E-state index in [0.717, 1.165) is 11.3 Å². The van der Waals surface area contributed by atoms with Crippen LogP contribution in [0.4, 0.5) is 0 Å². The molecule has 4 nitrogen and oxygen atoms in total. The van der Waals surface area contributed by atoms with Gasteiger partial charge in [0.25, 0.3) is 10.4 Å². The maximum Gasteiger partial charge on any atom is 0.271 e. The van der Waals surface area contributed by atoms with Gasteiger partial charge in [0.05, 0.1) is 12.7 Å². The maximum absolute atomic E-state index is 12.2. The topological polar surface area (TPSA) is 44.4 Å². The largest absolute Gasteiger partial charge is 0.497 e. The minimum Gasteiger partial charge on any atom is -0.497 e. The minimum absolute atomic E-state index is 0.158. The van der Waals surface area contributed by atoms with Crippen molar-refractivity contribution in [3.63, 3.8) is 0 Å². The zero-order valence-corrected chi connectivity index (χ0v) is 11.2. The van der Waals surface area contributed by atoms with E-state index >= 15 is 0 Å². The van der Waals surface area contributed by atoms with Gasteiger partial charge in [0.1, 0.15) is 11.5 Å². The van der Waals surface area contributed by atoms with Crippen molar-refractivity contribution in [2.45, 2.75) is 6.92 Å². The highest BCUT2D eigenvalue weighted by molar-refractivity contribution is 7.71. The molecule has 0 unspecified atom stereocenters. The highest BCUT2D eigenvalue weighted by atomic mass is 32.1. The lowest BCUT2D eigenvalue weighted by Gasteiger charge is -2.07. The fourth-order valence-electron chi connectivity index (χ4n) is 1.74. The summed E-state index contributed by atoms with van der Waals surface area (Å²) in [5.74, 6) is 1.26. The van der Waals surface area contributed by atoms with Crippen molar-refractivity contribution in [1.29, 1.82) is 0 Å². The second-order valence-corrected chi connectivity index (χ2v) is 4.24. The van der Waals surface area contributed by atoms with Crippen LogP contribution in [0.25, 0.3) is 11.1 Å². The Morgan fingerprint density at radius 3 is 2.44 bits per heavy atom. The summed E-state index contributed by atoms with van der Waals surface area (Å²) in [6, 6.07) is 7.24. The zero-order chi connectivity index (χ0) is 13.3. The third-order valence-electron chi connectivity index (χ3n) is 2.76. The first kappa shape index (κ1) is 12.6. The van der Waals surface area contributed by atoms with Crippen LogP contribution in [0.15, 0.2) is 33.5 Å². The molecule has 0 amide bonds. The van der Waals surface area contributed by atoms with E-state index in [-0.39, 0.29) is 10.4 Å². The highest BCUT2D eigenvalue weighted by Gasteiger charge is 2.11. The molecule has 94 valence electrons. The zero-order valence-electron chi connectivity index (χ0n) is 10.4. The second kappa shape index (κ2) is 4.78. The third kappa shape index (κ3) is 2.09. The smallest absolute Gasteiger partial charge is 0.271 e. The van der Waals surface area contributed by atoms with Crippen LogP contribution >= 0.6 is 12.2 Å². The number of rotatable bonds is 2. The van der Waals surface area contributed by atoms with E-state index in [1.165, 1.54) is 4.57 Å². The summed E-state index contributed by atoms with van der Waals surface area (Å²) in [6.45, 7) is 1.73. The summed E-state index contributed by atoms with van der Waals surface area (Å²) in [7, 11) is 3.20. The maximum atomic E-state index is 12.2. The van der Waals surface area contributed by atoms with Crippen molar-refractivity contribution < 1.29 is 9.15 Å². The molecule has 1 aromatic carbocycles. The quantitative estimate of drug-likeness (QED) is 0.781. The van der Waals surface area contributed by atoms with Crippen LogP contribution in [0.5, 0.6) is 5.75 Å². The average molecular weight is 263 g/mol. The van der Waals surface area contributed by atoms with Crippen LogP contribution in [-0.4, -0.2) is 11.7 Å². The molecule has 1 heterocycles. The Labute approximate surface area is 109 Å². The molecule has 0 fully saturated rings. The lowest BCUT2D eigenvalue weighted by Crippen LogP contribution is -2.20. The van der Waals surface area contributed by atoms with Crippen molar-refractivity contribution in [3.05, 3.63) is 45.2 Å². The van der Waals surface area contributed by atoms with E-state index in [4.69, 9.17) is 21.4 Å². The predicted molar refractivity (Wildman–Crippen MR) is 71.5 cm³/mol. The van der Waals surface area contributed by atoms with Gasteiger partial charge in [-0.1, -0.05) is 12.1 Å². The van der Waals surface area contributed by atoms with Crippen LogP contribution in [0.2, 0.25) is 0 Å². The first-order chi connectivity index (χ1) is 8.54. The van der Waals surface area contributed by atoms with Crippen LogP contribution in [0.3, 0.4) is 0 Å². The third-order valence-corrected chi connectivity index (χ3v) is 3.12. The summed E-state index contributed by atoms with van der Waals surface area (Å²) in [5, 5.41) is 0. The molecule has 0 N–H and O–H groups in total. The van der Waals surface area contributed by atoms with E-state index < -0.39 is 0 Å². The summed E-state index contributed by atoms with van der Waals surface area (Å²) >= 11 is 4.95. The van der Waals surface area contributed by atoms with Crippen LogP contribution in [-0.2, 0) is 7.05 Å². The van der Waals surface area contributed by atoms with Gasteiger partial charge in [-0.3, -0.25) is 9.36 Å². The molecule has 0 saturated carbocycles. The van der Waals surface area contributed by atoms with E-state index in [2.05, 4.69) is 0 Å². The van der Waals surface area contributed by atoms with Gasteiger partial charge in [-0.15, -0.1) is 0 Å². The number of aromatic nitrogens is 1. The van der Waals surface area contributed by atoms with Gasteiger partial charge in [0.15, 0.2) is 0 Å². The van der Waals surface area contributed by atoms with Crippen molar-refractivity contribution in [2.75, 3.05) is 7.11 Å². The molecule has 0 atom stereocenters. The number of benzene rings is 1. The number of ether oxygens (including phenoxy) is 1. The van der Waals surface area contributed by atoms with Crippen LogP contribution < -0.4 is 10.3 Å². The molecule has 5 heteroatoms. The number of aryl methyl sites for hydroxylation is 1. The van der Waals surface area contributed by atoms with Crippen molar-refractivity contribution in [3.8, 4) is 16.9 Å². The SMILES string of the molecule is COc1ccc(-c2c(C)oc(=S)n(C)c2=O)cc1. The minimum atomic E-state index is -0.158. The summed E-state index contributed by atoms with van der Waals surface area (Å²) in [5.41, 5.74) is 1.15. The van der Waals surface area contributed by atoms with Crippen molar-refractivity contribution in [1.82, 2.24) is 4.57 Å². The van der Waals surface area contributed by atoms with Crippen molar-refractivity contribution in [2.24, 2.45) is 7.05 Å². The lowest BCUT2D eigenvalue weighted by molar-refractivity contribution is 0.415. The summed E-state index contributed by atoms with van der Waals surface area (Å²) < 4.78 is 11.8. The van der Waals surface area contributed by atoms with Crippen LogP contribution in [0, 0.1) is 11.8 Å². The fourth-order valence-corrected chi connectivity index (χ4v) is 1.94. The van der Waals surface area contributed by atoms with Gasteiger partial charge < -0.3 is 9.15 Å². The molecule has 18 heavy (non-hydrogen) atoms.